The van der Waals surface area contributed by atoms with E-state index in [1.54, 1.807) is 0 Å². The number of unbranched alkanes of at least 4 members (excludes halogenated alkanes) is 1. The topological polar surface area (TPSA) is 106 Å². The molecule has 1 aliphatic heterocycles. The lowest BCUT2D eigenvalue weighted by molar-refractivity contribution is -0.124. The third kappa shape index (κ3) is 7.76. The van der Waals surface area contributed by atoms with Crippen LogP contribution in [0.5, 0.6) is 0 Å². The van der Waals surface area contributed by atoms with E-state index in [2.05, 4.69) is 59.7 Å². The zero-order valence-electron chi connectivity index (χ0n) is 24.8. The summed E-state index contributed by atoms with van der Waals surface area (Å²) >= 11 is 0. The van der Waals surface area contributed by atoms with E-state index in [0.717, 1.165) is 65.9 Å². The van der Waals surface area contributed by atoms with Gasteiger partial charge in [0.05, 0.1) is 23.3 Å². The Morgan fingerprint density at radius 2 is 1.58 bits per heavy atom. The van der Waals surface area contributed by atoms with E-state index in [4.69, 9.17) is 14.7 Å². The van der Waals surface area contributed by atoms with Crippen molar-refractivity contribution in [3.05, 3.63) is 84.8 Å². The fraction of sp³-hybridized carbons (Fsp3) is 0.364. The van der Waals surface area contributed by atoms with Crippen LogP contribution in [0.4, 0.5) is 0 Å². The summed E-state index contributed by atoms with van der Waals surface area (Å²) in [7, 11) is -3.77. The van der Waals surface area contributed by atoms with Crippen molar-refractivity contribution in [2.24, 2.45) is 0 Å². The van der Waals surface area contributed by atoms with Gasteiger partial charge in [0.15, 0.2) is 0 Å². The fourth-order valence-electron chi connectivity index (χ4n) is 5.32. The van der Waals surface area contributed by atoms with E-state index < -0.39 is 16.1 Å². The first-order valence-corrected chi connectivity index (χ1v) is 16.3. The highest BCUT2D eigenvalue weighted by Crippen LogP contribution is 2.32. The van der Waals surface area contributed by atoms with E-state index >= 15 is 0 Å². The number of carbonyl (C=O) groups excluding carboxylic acids is 1. The number of aryl methyl sites for hydroxylation is 1. The number of hydrogen-bond donors (Lipinski definition) is 1. The first kappa shape index (κ1) is 30.6. The Kier molecular flexibility index (Phi) is 10.0. The molecule has 0 spiro atoms. The second-order valence-electron chi connectivity index (χ2n) is 11.1. The number of nitrogens with zero attached hydrogens (tertiary/aromatic N) is 4. The van der Waals surface area contributed by atoms with Crippen molar-refractivity contribution in [1.29, 1.82) is 0 Å². The lowest BCUT2D eigenvalue weighted by Crippen LogP contribution is -2.43. The van der Waals surface area contributed by atoms with E-state index in [9.17, 15) is 13.2 Å². The van der Waals surface area contributed by atoms with E-state index in [1.807, 2.05) is 42.6 Å². The summed E-state index contributed by atoms with van der Waals surface area (Å²) in [6.45, 7) is 5.31. The Bertz CT molecular complexity index is 1620. The average Bonchev–Trinajstić information content (AvgIpc) is 3.71. The highest BCUT2D eigenvalue weighted by Gasteiger charge is 2.26. The summed E-state index contributed by atoms with van der Waals surface area (Å²) in [4.78, 5) is 22.1. The van der Waals surface area contributed by atoms with Crippen LogP contribution in [0.2, 0.25) is 0 Å². The number of amides is 1. The monoisotopic (exact) mass is 601 g/mol. The Hall–Kier alpha value is -3.86. The molecule has 2 aromatic carbocycles. The molecule has 1 saturated heterocycles. The van der Waals surface area contributed by atoms with E-state index in [1.165, 1.54) is 10.00 Å². The van der Waals surface area contributed by atoms with Crippen LogP contribution in [0.25, 0.3) is 33.8 Å². The van der Waals surface area contributed by atoms with Gasteiger partial charge in [-0.2, -0.15) is 12.7 Å². The molecule has 5 rings (SSSR count). The molecule has 0 radical (unpaired) electrons. The smallest absolute Gasteiger partial charge is 0.303 e. The van der Waals surface area contributed by atoms with Crippen molar-refractivity contribution in [3.63, 3.8) is 0 Å². The van der Waals surface area contributed by atoms with Crippen molar-refractivity contribution in [3.8, 4) is 33.8 Å². The van der Waals surface area contributed by atoms with Gasteiger partial charge in [-0.05, 0) is 52.0 Å². The molecule has 43 heavy (non-hydrogen) atoms. The summed E-state index contributed by atoms with van der Waals surface area (Å²) in [6, 6.07) is 22.7. The van der Waals surface area contributed by atoms with Gasteiger partial charge in [0.1, 0.15) is 6.61 Å². The largest absolute Gasteiger partial charge is 0.372 e. The van der Waals surface area contributed by atoms with Gasteiger partial charge in [0, 0.05) is 54.3 Å². The minimum Gasteiger partial charge on any atom is -0.372 e. The van der Waals surface area contributed by atoms with Crippen molar-refractivity contribution in [1.82, 2.24) is 23.6 Å². The van der Waals surface area contributed by atoms with Gasteiger partial charge in [-0.15, -0.1) is 0 Å². The fourth-order valence-corrected chi connectivity index (χ4v) is 6.53. The lowest BCUT2D eigenvalue weighted by atomic mass is 10.0. The van der Waals surface area contributed by atoms with Gasteiger partial charge in [0.2, 0.25) is 0 Å². The lowest BCUT2D eigenvalue weighted by Gasteiger charge is -2.15. The van der Waals surface area contributed by atoms with Crippen LogP contribution >= 0.6 is 0 Å². The zero-order valence-corrected chi connectivity index (χ0v) is 25.6. The van der Waals surface area contributed by atoms with Gasteiger partial charge in [-0.1, -0.05) is 60.7 Å². The number of aromatic nitrogens is 3. The van der Waals surface area contributed by atoms with Gasteiger partial charge in [0.25, 0.3) is 5.91 Å². The SMILES string of the molecule is CC(C)n1cc(-c2cnc(-c3ccccc3)c(-c3ccccc3)n2)cc1CCCCOCC(=O)NS(=O)(=O)N1CCCC1. The third-order valence-electron chi connectivity index (χ3n) is 7.50. The molecule has 1 aliphatic rings. The number of benzene rings is 2. The Labute approximate surface area is 254 Å². The molecule has 226 valence electrons. The van der Waals surface area contributed by atoms with Crippen LogP contribution in [-0.4, -0.2) is 59.5 Å². The predicted octanol–water partition coefficient (Wildman–Crippen LogP) is 5.66. The van der Waals surface area contributed by atoms with Gasteiger partial charge >= 0.3 is 10.2 Å². The Morgan fingerprint density at radius 3 is 2.23 bits per heavy atom. The van der Waals surface area contributed by atoms with Crippen LogP contribution in [0.1, 0.15) is 51.3 Å². The van der Waals surface area contributed by atoms with Crippen LogP contribution < -0.4 is 4.72 Å². The second kappa shape index (κ2) is 14.1. The maximum Gasteiger partial charge on any atom is 0.303 e. The molecular formula is C33H39N5O4S. The van der Waals surface area contributed by atoms with Crippen molar-refractivity contribution in [2.75, 3.05) is 26.3 Å². The van der Waals surface area contributed by atoms with Crippen molar-refractivity contribution < 1.29 is 17.9 Å². The molecule has 2 aromatic heterocycles. The molecule has 4 aromatic rings. The van der Waals surface area contributed by atoms with Crippen molar-refractivity contribution in [2.45, 2.75) is 52.0 Å². The van der Waals surface area contributed by atoms with Gasteiger partial charge < -0.3 is 9.30 Å². The number of rotatable bonds is 13. The van der Waals surface area contributed by atoms with Gasteiger partial charge in [-0.3, -0.25) is 9.78 Å². The first-order chi connectivity index (χ1) is 20.8. The van der Waals surface area contributed by atoms with Crippen molar-refractivity contribution >= 4 is 16.1 Å². The molecular weight excluding hydrogens is 562 g/mol. The van der Waals surface area contributed by atoms with E-state index in [0.29, 0.717) is 19.7 Å². The van der Waals surface area contributed by atoms with Gasteiger partial charge in [-0.25, -0.2) is 9.71 Å². The van der Waals surface area contributed by atoms with Crippen LogP contribution in [0, 0.1) is 0 Å². The van der Waals surface area contributed by atoms with Crippen LogP contribution in [0.3, 0.4) is 0 Å². The zero-order chi connectivity index (χ0) is 30.2. The molecule has 0 aliphatic carbocycles. The summed E-state index contributed by atoms with van der Waals surface area (Å²) in [5.74, 6) is -0.639. The number of carbonyl (C=O) groups is 1. The summed E-state index contributed by atoms with van der Waals surface area (Å²) in [5.41, 5.74) is 6.75. The molecule has 0 saturated carbocycles. The number of hydrogen-bond acceptors (Lipinski definition) is 6. The molecule has 1 fully saturated rings. The summed E-state index contributed by atoms with van der Waals surface area (Å²) in [5, 5.41) is 0. The normalized spacial score (nSPS) is 13.9. The summed E-state index contributed by atoms with van der Waals surface area (Å²) < 4.78 is 35.6. The standard InChI is InChI=1S/C33H39N5O4S/c1-25(2)38-23-28(21-29(38)17-9-12-20-42-24-31(39)36-43(40,41)37-18-10-11-19-37)30-22-34-32(26-13-5-3-6-14-26)33(35-30)27-15-7-4-8-16-27/h3-8,13-16,21-23,25H,9-12,17-20,24H2,1-2H3,(H,36,39). The Morgan fingerprint density at radius 1 is 0.930 bits per heavy atom. The molecule has 3 heterocycles. The average molecular weight is 602 g/mol. The molecule has 1 N–H and O–H groups in total. The molecule has 1 amide bonds. The molecule has 9 nitrogen and oxygen atoms in total. The number of nitrogens with one attached hydrogen (secondary N) is 1. The summed E-state index contributed by atoms with van der Waals surface area (Å²) in [6.07, 6.45) is 8.06. The predicted molar refractivity (Wildman–Crippen MR) is 168 cm³/mol. The molecule has 10 heteroatoms. The van der Waals surface area contributed by atoms with E-state index in [-0.39, 0.29) is 12.6 Å². The maximum absolute atomic E-state index is 12.2. The molecule has 0 atom stereocenters. The maximum atomic E-state index is 12.2. The minimum absolute atomic E-state index is 0.270. The Balaban J connectivity index is 1.22. The molecule has 0 unspecified atom stereocenters. The third-order valence-corrected chi connectivity index (χ3v) is 9.03. The number of ether oxygens (including phenoxy) is 1. The van der Waals surface area contributed by atoms with Crippen LogP contribution in [-0.2, 0) is 26.2 Å². The second-order valence-corrected chi connectivity index (χ2v) is 12.7. The quantitative estimate of drug-likeness (QED) is 0.198. The molecule has 0 bridgehead atoms. The van der Waals surface area contributed by atoms with Crippen LogP contribution in [0.15, 0.2) is 79.1 Å². The highest BCUT2D eigenvalue weighted by atomic mass is 32.2. The minimum atomic E-state index is -3.77. The first-order valence-electron chi connectivity index (χ1n) is 14.9. The highest BCUT2D eigenvalue weighted by molar-refractivity contribution is 7.87.